The quantitative estimate of drug-likeness (QED) is 0.656. The molecule has 1 rings (SSSR count). The van der Waals surface area contributed by atoms with Gasteiger partial charge in [0.2, 0.25) is 0 Å². The second-order valence-electron chi connectivity index (χ2n) is 2.78. The largest absolute Gasteiger partial charge is 0.519 e. The fourth-order valence-electron chi connectivity index (χ4n) is 0.961. The Labute approximate surface area is 85.2 Å². The molecule has 0 aliphatic rings. The molecule has 7 heteroatoms. The van der Waals surface area contributed by atoms with Crippen LogP contribution in [0, 0.1) is 6.92 Å². The number of carbonyl (C=O) groups excluding carboxylic acids is 1. The van der Waals surface area contributed by atoms with E-state index < -0.39 is 11.9 Å². The summed E-state index contributed by atoms with van der Waals surface area (Å²) in [5.41, 5.74) is 4.75. The highest BCUT2D eigenvalue weighted by atomic mass is 16.6. The van der Waals surface area contributed by atoms with Crippen LogP contribution in [0.1, 0.15) is 11.5 Å². The smallest absolute Gasteiger partial charge is 0.448 e. The van der Waals surface area contributed by atoms with E-state index in [0.717, 1.165) is 0 Å². The molecule has 1 amide bonds. The van der Waals surface area contributed by atoms with E-state index in [1.165, 1.54) is 0 Å². The van der Waals surface area contributed by atoms with E-state index in [0.29, 0.717) is 24.6 Å². The third-order valence-electron chi connectivity index (χ3n) is 1.64. The van der Waals surface area contributed by atoms with Gasteiger partial charge in [-0.05, 0) is 6.92 Å². The van der Waals surface area contributed by atoms with Crippen LogP contribution in [-0.4, -0.2) is 19.2 Å². The van der Waals surface area contributed by atoms with Crippen LogP contribution in [-0.2, 0) is 11.3 Å². The van der Waals surface area contributed by atoms with Crippen molar-refractivity contribution in [1.82, 2.24) is 5.32 Å². The van der Waals surface area contributed by atoms with Gasteiger partial charge in [0.15, 0.2) is 5.76 Å². The van der Waals surface area contributed by atoms with Gasteiger partial charge in [-0.25, -0.2) is 9.59 Å². The normalized spacial score (nSPS) is 10.2. The van der Waals surface area contributed by atoms with Crippen LogP contribution in [0.2, 0.25) is 0 Å². The summed E-state index contributed by atoms with van der Waals surface area (Å²) in [6.45, 7) is 2.54. The summed E-state index contributed by atoms with van der Waals surface area (Å²) in [5, 5.41) is 2.89. The zero-order valence-corrected chi connectivity index (χ0v) is 8.24. The number of hydrogen-bond donors (Lipinski definition) is 2. The Morgan fingerprint density at radius 1 is 1.53 bits per heavy atom. The molecule has 0 aliphatic heterocycles. The molecule has 1 heterocycles. The van der Waals surface area contributed by atoms with Gasteiger partial charge < -0.3 is 24.6 Å². The van der Waals surface area contributed by atoms with Gasteiger partial charge in [-0.3, -0.25) is 0 Å². The standard InChI is InChI=1S/C8H12N2O5/c1-5-6(15-8(12)14-5)4-10-2-3-13-7(9)11/h10H,2-4H2,1H3,(H2,9,11). The summed E-state index contributed by atoms with van der Waals surface area (Å²) in [6, 6.07) is 0. The van der Waals surface area contributed by atoms with E-state index >= 15 is 0 Å². The molecule has 0 fully saturated rings. The zero-order chi connectivity index (χ0) is 11.3. The van der Waals surface area contributed by atoms with Crippen LogP contribution in [0.15, 0.2) is 13.6 Å². The van der Waals surface area contributed by atoms with Gasteiger partial charge in [0.05, 0.1) is 6.54 Å². The maximum atomic E-state index is 10.6. The molecular formula is C8H12N2O5. The van der Waals surface area contributed by atoms with Gasteiger partial charge in [-0.1, -0.05) is 0 Å². The van der Waals surface area contributed by atoms with Gasteiger partial charge in [0.25, 0.3) is 0 Å². The first-order chi connectivity index (χ1) is 7.09. The number of ether oxygens (including phenoxy) is 1. The molecule has 0 aliphatic carbocycles. The third kappa shape index (κ3) is 3.86. The molecule has 0 spiro atoms. The van der Waals surface area contributed by atoms with Crippen LogP contribution < -0.4 is 16.9 Å². The topological polar surface area (TPSA) is 108 Å². The summed E-state index contributed by atoms with van der Waals surface area (Å²) >= 11 is 0. The molecule has 1 aromatic heterocycles. The summed E-state index contributed by atoms with van der Waals surface area (Å²) in [4.78, 5) is 20.8. The number of amides is 1. The predicted molar refractivity (Wildman–Crippen MR) is 49.2 cm³/mol. The Balaban J connectivity index is 2.23. The first kappa shape index (κ1) is 11.3. The van der Waals surface area contributed by atoms with Crippen molar-refractivity contribution in [2.45, 2.75) is 13.5 Å². The van der Waals surface area contributed by atoms with E-state index in [2.05, 4.69) is 14.5 Å². The second kappa shape index (κ2) is 5.20. The Kier molecular flexibility index (Phi) is 3.92. The van der Waals surface area contributed by atoms with Crippen LogP contribution in [0.5, 0.6) is 0 Å². The molecule has 15 heavy (non-hydrogen) atoms. The number of rotatable bonds is 5. The van der Waals surface area contributed by atoms with Crippen molar-refractivity contribution in [3.63, 3.8) is 0 Å². The monoisotopic (exact) mass is 216 g/mol. The number of nitrogens with two attached hydrogens (primary N) is 1. The molecule has 1 aromatic rings. The molecule has 0 saturated carbocycles. The average molecular weight is 216 g/mol. The lowest BCUT2D eigenvalue weighted by Gasteiger charge is -2.02. The lowest BCUT2D eigenvalue weighted by Crippen LogP contribution is -2.23. The molecule has 0 atom stereocenters. The van der Waals surface area contributed by atoms with Gasteiger partial charge in [0.1, 0.15) is 12.4 Å². The maximum absolute atomic E-state index is 10.6. The molecule has 0 saturated heterocycles. The SMILES string of the molecule is Cc1oc(=O)oc1CNCCOC(N)=O. The Morgan fingerprint density at radius 3 is 2.80 bits per heavy atom. The minimum Gasteiger partial charge on any atom is -0.448 e. The van der Waals surface area contributed by atoms with Gasteiger partial charge in [-0.2, -0.15) is 0 Å². The lowest BCUT2D eigenvalue weighted by atomic mass is 10.4. The van der Waals surface area contributed by atoms with Crippen molar-refractivity contribution >= 4 is 6.09 Å². The molecule has 0 unspecified atom stereocenters. The van der Waals surface area contributed by atoms with Crippen molar-refractivity contribution in [2.24, 2.45) is 5.73 Å². The molecule has 7 nitrogen and oxygen atoms in total. The van der Waals surface area contributed by atoms with Crippen LogP contribution in [0.4, 0.5) is 4.79 Å². The van der Waals surface area contributed by atoms with E-state index in [1.807, 2.05) is 0 Å². The molecular weight excluding hydrogens is 204 g/mol. The fraction of sp³-hybridized carbons (Fsp3) is 0.500. The highest BCUT2D eigenvalue weighted by Gasteiger charge is 2.06. The van der Waals surface area contributed by atoms with E-state index in [1.54, 1.807) is 6.92 Å². The van der Waals surface area contributed by atoms with Crippen molar-refractivity contribution in [3.8, 4) is 0 Å². The maximum Gasteiger partial charge on any atom is 0.519 e. The Hall–Kier alpha value is -1.76. The van der Waals surface area contributed by atoms with E-state index in [9.17, 15) is 9.59 Å². The number of primary amides is 1. The van der Waals surface area contributed by atoms with E-state index in [-0.39, 0.29) is 6.61 Å². The molecule has 0 radical (unpaired) electrons. The first-order valence-corrected chi connectivity index (χ1v) is 4.32. The lowest BCUT2D eigenvalue weighted by molar-refractivity contribution is 0.157. The summed E-state index contributed by atoms with van der Waals surface area (Å²) < 4.78 is 13.8. The van der Waals surface area contributed by atoms with Gasteiger partial charge >= 0.3 is 11.9 Å². The van der Waals surface area contributed by atoms with Crippen LogP contribution >= 0.6 is 0 Å². The summed E-state index contributed by atoms with van der Waals surface area (Å²) in [6.07, 6.45) is -0.817. The van der Waals surface area contributed by atoms with Crippen molar-refractivity contribution in [2.75, 3.05) is 13.2 Å². The van der Waals surface area contributed by atoms with Crippen molar-refractivity contribution < 1.29 is 18.4 Å². The van der Waals surface area contributed by atoms with Crippen LogP contribution in [0.25, 0.3) is 0 Å². The highest BCUT2D eigenvalue weighted by molar-refractivity contribution is 5.64. The minimum atomic E-state index is -0.817. The first-order valence-electron chi connectivity index (χ1n) is 4.32. The predicted octanol–water partition coefficient (Wildman–Crippen LogP) is -0.274. The highest BCUT2D eigenvalue weighted by Crippen LogP contribution is 2.03. The number of hydrogen-bond acceptors (Lipinski definition) is 6. The Morgan fingerprint density at radius 2 is 2.27 bits per heavy atom. The number of aryl methyl sites for hydroxylation is 1. The Bertz CT molecular complexity index is 381. The van der Waals surface area contributed by atoms with Gasteiger partial charge in [0, 0.05) is 6.54 Å². The second-order valence-corrected chi connectivity index (χ2v) is 2.78. The van der Waals surface area contributed by atoms with Crippen molar-refractivity contribution in [1.29, 1.82) is 0 Å². The molecule has 3 N–H and O–H groups in total. The summed E-state index contributed by atoms with van der Waals surface area (Å²) in [5.74, 6) is 0.139. The molecule has 0 bridgehead atoms. The van der Waals surface area contributed by atoms with E-state index in [4.69, 9.17) is 10.2 Å². The summed E-state index contributed by atoms with van der Waals surface area (Å²) in [7, 11) is 0. The average Bonchev–Trinajstić information content (AvgIpc) is 2.44. The number of carbonyl (C=O) groups is 1. The molecule has 0 aromatic carbocycles. The molecule has 84 valence electrons. The number of nitrogens with one attached hydrogen (secondary N) is 1. The third-order valence-corrected chi connectivity index (χ3v) is 1.64. The minimum absolute atomic E-state index is 0.163. The zero-order valence-electron chi connectivity index (χ0n) is 8.24. The van der Waals surface area contributed by atoms with Crippen molar-refractivity contribution in [3.05, 3.63) is 22.1 Å². The van der Waals surface area contributed by atoms with Crippen LogP contribution in [0.3, 0.4) is 0 Å². The van der Waals surface area contributed by atoms with Gasteiger partial charge in [-0.15, -0.1) is 0 Å². The fourth-order valence-corrected chi connectivity index (χ4v) is 0.961.